The van der Waals surface area contributed by atoms with Crippen molar-refractivity contribution in [1.82, 2.24) is 15.0 Å². The van der Waals surface area contributed by atoms with Crippen LogP contribution < -0.4 is 0 Å². The lowest BCUT2D eigenvalue weighted by atomic mass is 10.1. The minimum Gasteiger partial charge on any atom is -0.360 e. The molecular weight excluding hydrogens is 401 g/mol. The van der Waals surface area contributed by atoms with E-state index in [0.717, 1.165) is 42.6 Å². The third-order valence-electron chi connectivity index (χ3n) is 4.32. The van der Waals surface area contributed by atoms with E-state index in [1.165, 1.54) is 6.07 Å². The first-order chi connectivity index (χ1) is 12.2. The number of fused-ring (bicyclic) bond motifs is 2. The van der Waals surface area contributed by atoms with Crippen LogP contribution in [-0.2, 0) is 0 Å². The Hall–Kier alpha value is -2.44. The van der Waals surface area contributed by atoms with Crippen molar-refractivity contribution in [2.24, 2.45) is 0 Å². The van der Waals surface area contributed by atoms with Crippen molar-refractivity contribution in [3.05, 3.63) is 64.5 Å². The van der Waals surface area contributed by atoms with E-state index in [0.29, 0.717) is 5.52 Å². The highest BCUT2D eigenvalue weighted by atomic mass is 79.9. The van der Waals surface area contributed by atoms with Gasteiger partial charge in [-0.25, -0.2) is 9.37 Å². The lowest BCUT2D eigenvalue weighted by Crippen LogP contribution is -1.79. The normalized spacial score (nSPS) is 11.6. The fraction of sp³-hybridized carbons (Fsp3) is 0. The van der Waals surface area contributed by atoms with Crippen molar-refractivity contribution in [3.8, 4) is 21.8 Å². The van der Waals surface area contributed by atoms with E-state index >= 15 is 0 Å². The molecule has 0 fully saturated rings. The third kappa shape index (κ3) is 2.33. The van der Waals surface area contributed by atoms with Crippen LogP contribution in [0.2, 0.25) is 0 Å². The van der Waals surface area contributed by atoms with E-state index in [1.807, 2.05) is 29.9 Å². The number of aromatic nitrogens is 3. The van der Waals surface area contributed by atoms with Gasteiger partial charge < -0.3 is 9.97 Å². The average Bonchev–Trinajstić information content (AvgIpc) is 3.31. The Morgan fingerprint density at radius 2 is 1.88 bits per heavy atom. The minimum atomic E-state index is -0.247. The van der Waals surface area contributed by atoms with Gasteiger partial charge in [0.25, 0.3) is 0 Å². The van der Waals surface area contributed by atoms with E-state index in [2.05, 4.69) is 38.0 Å². The molecule has 0 spiro atoms. The summed E-state index contributed by atoms with van der Waals surface area (Å²) in [5.41, 5.74) is 4.49. The number of hydrogen-bond acceptors (Lipinski definition) is 2. The summed E-state index contributed by atoms with van der Waals surface area (Å²) in [6.07, 6.45) is 3.80. The highest BCUT2D eigenvalue weighted by Crippen LogP contribution is 2.36. The molecular formula is C19H11BrFN3S. The van der Waals surface area contributed by atoms with Gasteiger partial charge in [0.2, 0.25) is 0 Å². The van der Waals surface area contributed by atoms with Crippen molar-refractivity contribution in [3.63, 3.8) is 0 Å². The molecule has 0 aliphatic heterocycles. The van der Waals surface area contributed by atoms with Crippen molar-refractivity contribution >= 4 is 49.1 Å². The van der Waals surface area contributed by atoms with Gasteiger partial charge in [-0.05, 0) is 18.2 Å². The topological polar surface area (TPSA) is 44.5 Å². The molecule has 2 aromatic carbocycles. The highest BCUT2D eigenvalue weighted by molar-refractivity contribution is 9.10. The SMILES string of the molecule is Fc1cccc2c(-c3nc(-c4c[nH]c5cc(Br)ccc45)cs3)c[nH]c12. The Morgan fingerprint density at radius 3 is 2.80 bits per heavy atom. The summed E-state index contributed by atoms with van der Waals surface area (Å²) in [5, 5.41) is 4.89. The lowest BCUT2D eigenvalue weighted by Gasteiger charge is -1.96. The van der Waals surface area contributed by atoms with Gasteiger partial charge in [-0.15, -0.1) is 11.3 Å². The van der Waals surface area contributed by atoms with Gasteiger partial charge in [0.1, 0.15) is 10.8 Å². The van der Waals surface area contributed by atoms with Crippen molar-refractivity contribution < 1.29 is 4.39 Å². The maximum absolute atomic E-state index is 13.9. The van der Waals surface area contributed by atoms with Crippen LogP contribution in [0.25, 0.3) is 43.6 Å². The first kappa shape index (κ1) is 14.9. The molecule has 6 heteroatoms. The molecule has 0 saturated heterocycles. The predicted octanol–water partition coefficient (Wildman–Crippen LogP) is 6.34. The summed E-state index contributed by atoms with van der Waals surface area (Å²) in [4.78, 5) is 11.1. The molecule has 0 amide bonds. The number of halogens is 2. The largest absolute Gasteiger partial charge is 0.360 e. The number of H-pyrrole nitrogens is 2. The summed E-state index contributed by atoms with van der Waals surface area (Å²) < 4.78 is 14.9. The second-order valence-electron chi connectivity index (χ2n) is 5.79. The van der Waals surface area contributed by atoms with Crippen LogP contribution in [0.5, 0.6) is 0 Å². The monoisotopic (exact) mass is 411 g/mol. The minimum absolute atomic E-state index is 0.247. The van der Waals surface area contributed by atoms with E-state index < -0.39 is 0 Å². The standard InChI is InChI=1S/C19H11BrFN3S/c20-10-4-5-11-13(7-22-16(11)6-10)17-9-25-19(24-17)14-8-23-18-12(14)2-1-3-15(18)21/h1-9,22-23H. The number of nitrogens with zero attached hydrogens (tertiary/aromatic N) is 1. The number of aromatic amines is 2. The Balaban J connectivity index is 1.64. The van der Waals surface area contributed by atoms with Crippen LogP contribution in [-0.4, -0.2) is 15.0 Å². The van der Waals surface area contributed by atoms with E-state index in [1.54, 1.807) is 17.4 Å². The van der Waals surface area contributed by atoms with Gasteiger partial charge in [-0.3, -0.25) is 0 Å². The summed E-state index contributed by atoms with van der Waals surface area (Å²) >= 11 is 5.05. The van der Waals surface area contributed by atoms with E-state index in [9.17, 15) is 4.39 Å². The first-order valence-corrected chi connectivity index (χ1v) is 9.36. The van der Waals surface area contributed by atoms with E-state index in [-0.39, 0.29) is 5.82 Å². The molecule has 0 atom stereocenters. The van der Waals surface area contributed by atoms with Crippen LogP contribution in [0.15, 0.2) is 58.6 Å². The summed E-state index contributed by atoms with van der Waals surface area (Å²) in [6, 6.07) is 11.2. The highest BCUT2D eigenvalue weighted by Gasteiger charge is 2.15. The van der Waals surface area contributed by atoms with Crippen molar-refractivity contribution in [2.75, 3.05) is 0 Å². The zero-order valence-electron chi connectivity index (χ0n) is 12.8. The summed E-state index contributed by atoms with van der Waals surface area (Å²) in [6.45, 7) is 0. The molecule has 5 aromatic rings. The van der Waals surface area contributed by atoms with E-state index in [4.69, 9.17) is 4.98 Å². The zero-order valence-corrected chi connectivity index (χ0v) is 15.2. The number of para-hydroxylation sites is 1. The second-order valence-corrected chi connectivity index (χ2v) is 7.57. The van der Waals surface area contributed by atoms with Crippen LogP contribution >= 0.6 is 27.3 Å². The van der Waals surface area contributed by atoms with Crippen LogP contribution in [0.4, 0.5) is 4.39 Å². The molecule has 122 valence electrons. The predicted molar refractivity (Wildman–Crippen MR) is 104 cm³/mol. The second kappa shape index (κ2) is 5.54. The number of hydrogen-bond donors (Lipinski definition) is 2. The molecule has 0 aliphatic carbocycles. The number of nitrogens with one attached hydrogen (secondary N) is 2. The number of benzene rings is 2. The summed E-state index contributed by atoms with van der Waals surface area (Å²) in [5.74, 6) is -0.247. The van der Waals surface area contributed by atoms with Gasteiger partial charge in [0, 0.05) is 49.7 Å². The fourth-order valence-corrected chi connectivity index (χ4v) is 4.34. The molecule has 0 bridgehead atoms. The van der Waals surface area contributed by atoms with Gasteiger partial charge >= 0.3 is 0 Å². The van der Waals surface area contributed by atoms with Crippen molar-refractivity contribution in [2.45, 2.75) is 0 Å². The fourth-order valence-electron chi connectivity index (χ4n) is 3.13. The lowest BCUT2D eigenvalue weighted by molar-refractivity contribution is 0.637. The van der Waals surface area contributed by atoms with Gasteiger partial charge in [0.15, 0.2) is 0 Å². The van der Waals surface area contributed by atoms with Crippen LogP contribution in [0.3, 0.4) is 0 Å². The maximum atomic E-state index is 13.9. The Morgan fingerprint density at radius 1 is 1.00 bits per heavy atom. The molecule has 0 aliphatic rings. The third-order valence-corrected chi connectivity index (χ3v) is 5.69. The zero-order chi connectivity index (χ0) is 17.0. The molecule has 3 heterocycles. The molecule has 3 aromatic heterocycles. The molecule has 3 nitrogen and oxygen atoms in total. The Bertz CT molecular complexity index is 1230. The van der Waals surface area contributed by atoms with Crippen molar-refractivity contribution in [1.29, 1.82) is 0 Å². The molecule has 2 N–H and O–H groups in total. The summed E-state index contributed by atoms with van der Waals surface area (Å²) in [7, 11) is 0. The smallest absolute Gasteiger partial charge is 0.147 e. The number of rotatable bonds is 2. The van der Waals surface area contributed by atoms with Gasteiger partial charge in [0.05, 0.1) is 11.2 Å². The van der Waals surface area contributed by atoms with Gasteiger partial charge in [-0.2, -0.15) is 0 Å². The molecule has 5 rings (SSSR count). The average molecular weight is 412 g/mol. The van der Waals surface area contributed by atoms with Crippen LogP contribution in [0, 0.1) is 5.82 Å². The molecule has 0 radical (unpaired) electrons. The first-order valence-electron chi connectivity index (χ1n) is 7.69. The molecule has 0 unspecified atom stereocenters. The quantitative estimate of drug-likeness (QED) is 0.349. The Labute approximate surface area is 154 Å². The molecule has 0 saturated carbocycles. The van der Waals surface area contributed by atoms with Gasteiger partial charge in [-0.1, -0.05) is 34.1 Å². The van der Waals surface area contributed by atoms with Crippen LogP contribution in [0.1, 0.15) is 0 Å². The number of thiazole rings is 1. The Kier molecular flexibility index (Phi) is 3.29. The molecule has 25 heavy (non-hydrogen) atoms. The maximum Gasteiger partial charge on any atom is 0.147 e.